The molecule has 0 saturated heterocycles. The number of nitriles is 1. The third-order valence-electron chi connectivity index (χ3n) is 1.72. The molecule has 1 aromatic carbocycles. The summed E-state index contributed by atoms with van der Waals surface area (Å²) in [7, 11) is 0. The molecule has 1 N–H and O–H groups in total. The first kappa shape index (κ1) is 13.4. The molecule has 88 valence electrons. The lowest BCUT2D eigenvalue weighted by Crippen LogP contribution is -2.17. The van der Waals surface area contributed by atoms with Crippen LogP contribution in [0, 0.1) is 14.9 Å². The van der Waals surface area contributed by atoms with Crippen LogP contribution >= 0.6 is 22.6 Å². The minimum atomic E-state index is -0.729. The molecule has 5 nitrogen and oxygen atoms in total. The van der Waals surface area contributed by atoms with E-state index in [-0.39, 0.29) is 12.3 Å². The summed E-state index contributed by atoms with van der Waals surface area (Å²) in [6, 6.07) is 9.04. The Hall–Kier alpha value is -1.62. The fourth-order valence-electron chi connectivity index (χ4n) is 0.961. The maximum absolute atomic E-state index is 11.2. The Morgan fingerprint density at radius 2 is 2.18 bits per heavy atom. The predicted octanol–water partition coefficient (Wildman–Crippen LogP) is 2.15. The van der Waals surface area contributed by atoms with Crippen LogP contribution in [0.25, 0.3) is 0 Å². The van der Waals surface area contributed by atoms with Crippen molar-refractivity contribution in [2.75, 3.05) is 12.0 Å². The normalized spacial score (nSPS) is 10.5. The lowest BCUT2D eigenvalue weighted by atomic mass is 10.3. The summed E-state index contributed by atoms with van der Waals surface area (Å²) in [4.78, 5) is 11.2. The summed E-state index contributed by atoms with van der Waals surface area (Å²) in [6.45, 7) is 1.88. The quantitative estimate of drug-likeness (QED) is 0.393. The first-order chi connectivity index (χ1) is 8.17. The molecule has 0 aliphatic carbocycles. The minimum absolute atomic E-state index is 0.211. The number of halogens is 1. The number of ether oxygens (including phenoxy) is 1. The number of hydrazone groups is 1. The Bertz CT molecular complexity index is 463. The van der Waals surface area contributed by atoms with Gasteiger partial charge >= 0.3 is 5.97 Å². The van der Waals surface area contributed by atoms with E-state index < -0.39 is 5.97 Å². The van der Waals surface area contributed by atoms with Crippen LogP contribution in [0.15, 0.2) is 29.4 Å². The van der Waals surface area contributed by atoms with Gasteiger partial charge in [-0.05, 0) is 53.8 Å². The van der Waals surface area contributed by atoms with Gasteiger partial charge in [0, 0.05) is 3.57 Å². The van der Waals surface area contributed by atoms with E-state index in [4.69, 9.17) is 5.26 Å². The molecule has 1 aromatic rings. The van der Waals surface area contributed by atoms with Gasteiger partial charge in [-0.25, -0.2) is 4.79 Å². The molecule has 0 bridgehead atoms. The highest BCUT2D eigenvalue weighted by Crippen LogP contribution is 2.10. The highest BCUT2D eigenvalue weighted by molar-refractivity contribution is 14.1. The van der Waals surface area contributed by atoms with E-state index in [1.807, 2.05) is 12.1 Å². The number of anilines is 1. The topological polar surface area (TPSA) is 74.5 Å². The molecule has 1 rings (SSSR count). The average Bonchev–Trinajstić information content (AvgIpc) is 2.32. The summed E-state index contributed by atoms with van der Waals surface area (Å²) in [5.41, 5.74) is 3.02. The van der Waals surface area contributed by atoms with Crippen molar-refractivity contribution >= 4 is 40.0 Å². The van der Waals surface area contributed by atoms with Crippen molar-refractivity contribution in [1.82, 2.24) is 0 Å². The molecule has 0 aliphatic heterocycles. The van der Waals surface area contributed by atoms with Crippen molar-refractivity contribution < 1.29 is 9.53 Å². The molecule has 0 fully saturated rings. The molecule has 0 aromatic heterocycles. The lowest BCUT2D eigenvalue weighted by molar-refractivity contribution is -0.134. The van der Waals surface area contributed by atoms with E-state index >= 15 is 0 Å². The van der Waals surface area contributed by atoms with Crippen LogP contribution in [-0.4, -0.2) is 18.3 Å². The van der Waals surface area contributed by atoms with Crippen LogP contribution in [0.1, 0.15) is 6.92 Å². The molecule has 0 heterocycles. The number of nitrogens with one attached hydrogen (secondary N) is 1. The Morgan fingerprint density at radius 3 is 2.71 bits per heavy atom. The first-order valence-electron chi connectivity index (χ1n) is 4.84. The SMILES string of the molecule is CCOC(=O)C(C#N)=NNc1ccc(I)cc1. The number of benzene rings is 1. The van der Waals surface area contributed by atoms with E-state index in [1.165, 1.54) is 0 Å². The first-order valence-corrected chi connectivity index (χ1v) is 5.91. The van der Waals surface area contributed by atoms with Gasteiger partial charge in [0.2, 0.25) is 5.71 Å². The van der Waals surface area contributed by atoms with Crippen molar-refractivity contribution in [2.24, 2.45) is 5.10 Å². The van der Waals surface area contributed by atoms with Gasteiger partial charge in [0.25, 0.3) is 0 Å². The van der Waals surface area contributed by atoms with E-state index in [9.17, 15) is 4.79 Å². The summed E-state index contributed by atoms with van der Waals surface area (Å²) >= 11 is 2.18. The molecule has 0 aliphatic rings. The standard InChI is InChI=1S/C11H10IN3O2/c1-2-17-11(16)10(7-13)15-14-9-5-3-8(12)4-6-9/h3-6,14H,2H2,1H3. The van der Waals surface area contributed by atoms with Crippen LogP contribution in [0.4, 0.5) is 5.69 Å². The number of carbonyl (C=O) groups excluding carboxylic acids is 1. The van der Waals surface area contributed by atoms with Crippen LogP contribution in [0.3, 0.4) is 0 Å². The Balaban J connectivity index is 2.71. The summed E-state index contributed by atoms with van der Waals surface area (Å²) in [6.07, 6.45) is 0. The number of hydrogen-bond acceptors (Lipinski definition) is 5. The fourth-order valence-corrected chi connectivity index (χ4v) is 1.32. The van der Waals surface area contributed by atoms with Crippen molar-refractivity contribution in [2.45, 2.75) is 6.92 Å². The lowest BCUT2D eigenvalue weighted by Gasteiger charge is -2.01. The molecule has 0 amide bonds. The second-order valence-electron chi connectivity index (χ2n) is 2.91. The van der Waals surface area contributed by atoms with Gasteiger partial charge in [-0.2, -0.15) is 10.4 Å². The molecule has 0 radical (unpaired) electrons. The van der Waals surface area contributed by atoms with Crippen molar-refractivity contribution in [3.8, 4) is 6.07 Å². The zero-order chi connectivity index (χ0) is 12.7. The zero-order valence-corrected chi connectivity index (χ0v) is 11.3. The van der Waals surface area contributed by atoms with Gasteiger partial charge in [-0.1, -0.05) is 0 Å². The van der Waals surface area contributed by atoms with Gasteiger partial charge in [0.15, 0.2) is 0 Å². The van der Waals surface area contributed by atoms with Crippen LogP contribution in [-0.2, 0) is 9.53 Å². The van der Waals surface area contributed by atoms with Crippen molar-refractivity contribution in [3.05, 3.63) is 27.8 Å². The largest absolute Gasteiger partial charge is 0.461 e. The van der Waals surface area contributed by atoms with E-state index in [0.717, 1.165) is 3.57 Å². The molecular formula is C11H10IN3O2. The van der Waals surface area contributed by atoms with E-state index in [1.54, 1.807) is 25.1 Å². The molecular weight excluding hydrogens is 333 g/mol. The van der Waals surface area contributed by atoms with E-state index in [0.29, 0.717) is 5.69 Å². The summed E-state index contributed by atoms with van der Waals surface area (Å²) in [5.74, 6) is -0.729. The molecule has 0 atom stereocenters. The molecule has 0 unspecified atom stereocenters. The maximum atomic E-state index is 11.2. The Labute approximate surface area is 113 Å². The molecule has 0 spiro atoms. The van der Waals surface area contributed by atoms with E-state index in [2.05, 4.69) is 37.9 Å². The zero-order valence-electron chi connectivity index (χ0n) is 9.11. The predicted molar refractivity (Wildman–Crippen MR) is 72.5 cm³/mol. The monoisotopic (exact) mass is 343 g/mol. The molecule has 17 heavy (non-hydrogen) atoms. The third kappa shape index (κ3) is 4.40. The Morgan fingerprint density at radius 1 is 1.53 bits per heavy atom. The van der Waals surface area contributed by atoms with Gasteiger partial charge in [-0.3, -0.25) is 5.43 Å². The molecule has 0 saturated carbocycles. The highest BCUT2D eigenvalue weighted by atomic mass is 127. The molecule has 6 heteroatoms. The second kappa shape index (κ2) is 6.85. The van der Waals surface area contributed by atoms with Gasteiger partial charge in [0.05, 0.1) is 12.3 Å². The highest BCUT2D eigenvalue weighted by Gasteiger charge is 2.11. The summed E-state index contributed by atoms with van der Waals surface area (Å²) < 4.78 is 5.76. The van der Waals surface area contributed by atoms with Crippen LogP contribution < -0.4 is 5.43 Å². The number of esters is 1. The summed E-state index contributed by atoms with van der Waals surface area (Å²) in [5, 5.41) is 12.4. The number of nitrogens with zero attached hydrogens (tertiary/aromatic N) is 2. The van der Waals surface area contributed by atoms with Gasteiger partial charge in [-0.15, -0.1) is 0 Å². The van der Waals surface area contributed by atoms with Crippen molar-refractivity contribution in [3.63, 3.8) is 0 Å². The van der Waals surface area contributed by atoms with Crippen molar-refractivity contribution in [1.29, 1.82) is 5.26 Å². The number of hydrogen-bond donors (Lipinski definition) is 1. The fraction of sp³-hybridized carbons (Fsp3) is 0.182. The maximum Gasteiger partial charge on any atom is 0.369 e. The smallest absolute Gasteiger partial charge is 0.369 e. The number of rotatable bonds is 4. The van der Waals surface area contributed by atoms with Crippen LogP contribution in [0.5, 0.6) is 0 Å². The van der Waals surface area contributed by atoms with Gasteiger partial charge < -0.3 is 4.74 Å². The Kier molecular flexibility index (Phi) is 5.42. The third-order valence-corrected chi connectivity index (χ3v) is 2.43. The number of carbonyl (C=O) groups is 1. The van der Waals surface area contributed by atoms with Gasteiger partial charge in [0.1, 0.15) is 6.07 Å². The minimum Gasteiger partial charge on any atom is -0.461 e. The van der Waals surface area contributed by atoms with Crippen LogP contribution in [0.2, 0.25) is 0 Å². The average molecular weight is 343 g/mol. The second-order valence-corrected chi connectivity index (χ2v) is 4.16.